The van der Waals surface area contributed by atoms with E-state index in [-0.39, 0.29) is 5.92 Å². The molecule has 27 heavy (non-hydrogen) atoms. The summed E-state index contributed by atoms with van der Waals surface area (Å²) in [6.45, 7) is 4.47. The fourth-order valence-corrected chi connectivity index (χ4v) is 3.79. The van der Waals surface area contributed by atoms with Gasteiger partial charge in [-0.3, -0.25) is 9.69 Å². The maximum atomic E-state index is 11.2. The number of hydrogen-bond acceptors (Lipinski definition) is 3. The van der Waals surface area contributed by atoms with E-state index in [0.29, 0.717) is 12.8 Å². The molecule has 6 heteroatoms. The molecular weight excluding hydrogens is 340 g/mol. The number of rotatable bonds is 5. The van der Waals surface area contributed by atoms with Crippen molar-refractivity contribution in [2.24, 2.45) is 5.92 Å². The number of benzene rings is 1. The molecule has 1 N–H and O–H groups in total. The Balaban J connectivity index is 1.64. The third kappa shape index (κ3) is 3.53. The maximum absolute atomic E-state index is 11.2. The Bertz CT molecular complexity index is 922. The molecule has 1 aliphatic heterocycles. The van der Waals surface area contributed by atoms with E-state index in [2.05, 4.69) is 33.6 Å². The smallest absolute Gasteiger partial charge is 0.306 e. The number of carboxylic acids is 1. The fraction of sp³-hybridized carbons (Fsp3) is 0.333. The lowest BCUT2D eigenvalue weighted by Gasteiger charge is -2.30. The lowest BCUT2D eigenvalue weighted by Crippen LogP contribution is -2.36. The van der Waals surface area contributed by atoms with Gasteiger partial charge < -0.3 is 9.67 Å². The SMILES string of the molecule is Cc1ccccc1-n1ncc(CN2CCC(C(=O)O)CC2)c1-n1cccc1. The molecule has 0 bridgehead atoms. The van der Waals surface area contributed by atoms with Crippen LogP contribution in [0.4, 0.5) is 0 Å². The molecule has 0 atom stereocenters. The molecule has 4 rings (SSSR count). The summed E-state index contributed by atoms with van der Waals surface area (Å²) in [5.74, 6) is 0.157. The zero-order valence-electron chi connectivity index (χ0n) is 15.5. The summed E-state index contributed by atoms with van der Waals surface area (Å²) in [6, 6.07) is 12.3. The van der Waals surface area contributed by atoms with Crippen molar-refractivity contribution in [2.45, 2.75) is 26.3 Å². The van der Waals surface area contributed by atoms with Crippen LogP contribution in [-0.2, 0) is 11.3 Å². The zero-order chi connectivity index (χ0) is 18.8. The zero-order valence-corrected chi connectivity index (χ0v) is 15.5. The van der Waals surface area contributed by atoms with Crippen molar-refractivity contribution in [2.75, 3.05) is 13.1 Å². The number of nitrogens with zero attached hydrogens (tertiary/aromatic N) is 4. The van der Waals surface area contributed by atoms with Gasteiger partial charge in [-0.15, -0.1) is 0 Å². The van der Waals surface area contributed by atoms with Crippen molar-refractivity contribution in [1.29, 1.82) is 0 Å². The predicted molar refractivity (Wildman–Crippen MR) is 103 cm³/mol. The van der Waals surface area contributed by atoms with Crippen molar-refractivity contribution < 1.29 is 9.90 Å². The van der Waals surface area contributed by atoms with Crippen molar-refractivity contribution >= 4 is 5.97 Å². The van der Waals surface area contributed by atoms with Gasteiger partial charge in [0.05, 0.1) is 17.8 Å². The minimum atomic E-state index is -0.671. The normalized spacial score (nSPS) is 15.9. The van der Waals surface area contributed by atoms with Crippen molar-refractivity contribution in [1.82, 2.24) is 19.2 Å². The lowest BCUT2D eigenvalue weighted by atomic mass is 9.97. The number of carbonyl (C=O) groups is 1. The van der Waals surface area contributed by atoms with E-state index in [1.807, 2.05) is 47.5 Å². The van der Waals surface area contributed by atoms with Gasteiger partial charge in [-0.1, -0.05) is 18.2 Å². The highest BCUT2D eigenvalue weighted by Gasteiger charge is 2.26. The Morgan fingerprint density at radius 2 is 1.85 bits per heavy atom. The van der Waals surface area contributed by atoms with Gasteiger partial charge in [0.1, 0.15) is 5.82 Å². The van der Waals surface area contributed by atoms with Crippen LogP contribution in [0.3, 0.4) is 0 Å². The van der Waals surface area contributed by atoms with Crippen LogP contribution in [0.2, 0.25) is 0 Å². The van der Waals surface area contributed by atoms with Gasteiger partial charge in [0.2, 0.25) is 0 Å². The van der Waals surface area contributed by atoms with Gasteiger partial charge >= 0.3 is 5.97 Å². The van der Waals surface area contributed by atoms with Crippen LogP contribution in [0.5, 0.6) is 0 Å². The lowest BCUT2D eigenvalue weighted by molar-refractivity contribution is -0.143. The van der Waals surface area contributed by atoms with Gasteiger partial charge in [0.15, 0.2) is 0 Å². The van der Waals surface area contributed by atoms with Crippen molar-refractivity contribution in [3.8, 4) is 11.5 Å². The second kappa shape index (κ2) is 7.40. The summed E-state index contributed by atoms with van der Waals surface area (Å²) >= 11 is 0. The Labute approximate surface area is 158 Å². The van der Waals surface area contributed by atoms with Gasteiger partial charge in [-0.2, -0.15) is 5.10 Å². The summed E-state index contributed by atoms with van der Waals surface area (Å²) in [6.07, 6.45) is 7.42. The topological polar surface area (TPSA) is 63.3 Å². The molecule has 0 radical (unpaired) electrons. The molecule has 1 fully saturated rings. The number of piperidine rings is 1. The number of aliphatic carboxylic acids is 1. The predicted octanol–water partition coefficient (Wildman–Crippen LogP) is 3.27. The molecule has 1 aliphatic rings. The molecular formula is C21H24N4O2. The number of aryl methyl sites for hydroxylation is 1. The molecule has 0 amide bonds. The van der Waals surface area contributed by atoms with Gasteiger partial charge in [0, 0.05) is 24.5 Å². The highest BCUT2D eigenvalue weighted by molar-refractivity contribution is 5.70. The molecule has 1 saturated heterocycles. The third-order valence-electron chi connectivity index (χ3n) is 5.34. The highest BCUT2D eigenvalue weighted by atomic mass is 16.4. The first kappa shape index (κ1) is 17.5. The van der Waals surface area contributed by atoms with Crippen molar-refractivity contribution in [3.63, 3.8) is 0 Å². The average Bonchev–Trinajstić information content (AvgIpc) is 3.32. The van der Waals surface area contributed by atoms with Crippen LogP contribution in [0.25, 0.3) is 11.5 Å². The summed E-state index contributed by atoms with van der Waals surface area (Å²) in [4.78, 5) is 13.5. The fourth-order valence-electron chi connectivity index (χ4n) is 3.79. The Kier molecular flexibility index (Phi) is 4.81. The van der Waals surface area contributed by atoms with Crippen LogP contribution < -0.4 is 0 Å². The third-order valence-corrected chi connectivity index (χ3v) is 5.34. The largest absolute Gasteiger partial charge is 0.481 e. The maximum Gasteiger partial charge on any atom is 0.306 e. The van der Waals surface area contributed by atoms with Crippen molar-refractivity contribution in [3.05, 3.63) is 66.1 Å². The number of aromatic nitrogens is 3. The molecule has 3 heterocycles. The first-order valence-corrected chi connectivity index (χ1v) is 9.35. The molecule has 0 unspecified atom stereocenters. The molecule has 3 aromatic rings. The monoisotopic (exact) mass is 364 g/mol. The standard InChI is InChI=1S/C21H24N4O2/c1-16-6-2-3-7-19(16)25-20(24-10-4-5-11-24)18(14-22-25)15-23-12-8-17(9-13-23)21(26)27/h2-7,10-11,14,17H,8-9,12-13,15H2,1H3,(H,26,27). The van der Waals surface area contributed by atoms with E-state index < -0.39 is 5.97 Å². The molecule has 0 spiro atoms. The minimum absolute atomic E-state index is 0.208. The van der Waals surface area contributed by atoms with Gasteiger partial charge in [-0.25, -0.2) is 4.68 Å². The molecule has 1 aromatic carbocycles. The van der Waals surface area contributed by atoms with E-state index in [9.17, 15) is 9.90 Å². The molecule has 0 saturated carbocycles. The van der Waals surface area contributed by atoms with Crippen LogP contribution in [0, 0.1) is 12.8 Å². The van der Waals surface area contributed by atoms with E-state index >= 15 is 0 Å². The second-order valence-electron chi connectivity index (χ2n) is 7.17. The van der Waals surface area contributed by atoms with E-state index in [0.717, 1.165) is 36.7 Å². The van der Waals surface area contributed by atoms with E-state index in [4.69, 9.17) is 0 Å². The minimum Gasteiger partial charge on any atom is -0.481 e. The van der Waals surface area contributed by atoms with E-state index in [1.54, 1.807) is 0 Å². The summed E-state index contributed by atoms with van der Waals surface area (Å²) in [5, 5.41) is 13.9. The van der Waals surface area contributed by atoms with Crippen LogP contribution in [-0.4, -0.2) is 43.4 Å². The summed E-state index contributed by atoms with van der Waals surface area (Å²) < 4.78 is 4.09. The quantitative estimate of drug-likeness (QED) is 0.755. The molecule has 140 valence electrons. The van der Waals surface area contributed by atoms with E-state index in [1.165, 1.54) is 5.56 Å². The summed E-state index contributed by atoms with van der Waals surface area (Å²) in [7, 11) is 0. The number of carboxylic acid groups (broad SMARTS) is 1. The molecule has 2 aromatic heterocycles. The Morgan fingerprint density at radius 3 is 2.52 bits per heavy atom. The molecule has 6 nitrogen and oxygen atoms in total. The van der Waals surface area contributed by atoms with Crippen LogP contribution in [0.1, 0.15) is 24.0 Å². The van der Waals surface area contributed by atoms with Crippen LogP contribution in [0.15, 0.2) is 55.0 Å². The highest BCUT2D eigenvalue weighted by Crippen LogP contribution is 2.25. The summed E-state index contributed by atoms with van der Waals surface area (Å²) in [5.41, 5.74) is 3.38. The van der Waals surface area contributed by atoms with Crippen LogP contribution >= 0.6 is 0 Å². The number of para-hydroxylation sites is 1. The first-order valence-electron chi connectivity index (χ1n) is 9.35. The van der Waals surface area contributed by atoms with Gasteiger partial charge in [0.25, 0.3) is 0 Å². The second-order valence-corrected chi connectivity index (χ2v) is 7.17. The number of hydrogen-bond donors (Lipinski definition) is 1. The Hall–Kier alpha value is -2.86. The first-order chi connectivity index (χ1) is 13.1. The average molecular weight is 364 g/mol. The van der Waals surface area contributed by atoms with Gasteiger partial charge in [-0.05, 0) is 56.6 Å². The molecule has 0 aliphatic carbocycles. The Morgan fingerprint density at radius 1 is 1.15 bits per heavy atom. The number of likely N-dealkylation sites (tertiary alicyclic amines) is 1.